The average molecular weight is 371 g/mol. The van der Waals surface area contributed by atoms with Crippen LogP contribution in [-0.4, -0.2) is 52.8 Å². The van der Waals surface area contributed by atoms with Crippen LogP contribution >= 0.6 is 15.9 Å². The molecule has 0 unspecified atom stereocenters. The van der Waals surface area contributed by atoms with Crippen molar-refractivity contribution in [3.8, 4) is 5.75 Å². The number of ether oxygens (including phenoxy) is 1. The quantitative estimate of drug-likeness (QED) is 0.868. The fraction of sp³-hybridized carbons (Fsp3) is 0.562. The lowest BCUT2D eigenvalue weighted by Crippen LogP contribution is -2.49. The highest BCUT2D eigenvalue weighted by Crippen LogP contribution is 2.25. The number of carbonyl (C=O) groups is 1. The van der Waals surface area contributed by atoms with E-state index < -0.39 is 5.60 Å². The van der Waals surface area contributed by atoms with Gasteiger partial charge in [-0.25, -0.2) is 4.79 Å². The molecular formula is C16H23BrN2O3. The fourth-order valence-corrected chi connectivity index (χ4v) is 2.75. The molecule has 0 radical (unpaired) electrons. The molecule has 22 heavy (non-hydrogen) atoms. The number of piperazine rings is 1. The molecule has 6 heteroatoms. The van der Waals surface area contributed by atoms with E-state index in [0.29, 0.717) is 17.6 Å². The van der Waals surface area contributed by atoms with Gasteiger partial charge in [0.2, 0.25) is 0 Å². The summed E-state index contributed by atoms with van der Waals surface area (Å²) in [6.45, 7) is 9.43. The molecule has 1 fully saturated rings. The molecule has 1 amide bonds. The Hall–Kier alpha value is -1.27. The Morgan fingerprint density at radius 1 is 1.27 bits per heavy atom. The summed E-state index contributed by atoms with van der Waals surface area (Å²) in [6, 6.07) is 5.53. The molecule has 1 aliphatic rings. The summed E-state index contributed by atoms with van der Waals surface area (Å²) in [5.41, 5.74) is 0.683. The first-order chi connectivity index (χ1) is 10.2. The number of benzene rings is 1. The van der Waals surface area contributed by atoms with Crippen molar-refractivity contribution in [2.75, 3.05) is 26.2 Å². The molecule has 1 aliphatic heterocycles. The van der Waals surface area contributed by atoms with Gasteiger partial charge in [0.15, 0.2) is 0 Å². The summed E-state index contributed by atoms with van der Waals surface area (Å²) >= 11 is 3.33. The van der Waals surface area contributed by atoms with Gasteiger partial charge < -0.3 is 14.7 Å². The second-order valence-electron chi connectivity index (χ2n) is 6.53. The molecule has 122 valence electrons. The third-order valence-electron chi connectivity index (χ3n) is 3.44. The van der Waals surface area contributed by atoms with Crippen LogP contribution in [0.1, 0.15) is 26.3 Å². The molecule has 5 nitrogen and oxygen atoms in total. The van der Waals surface area contributed by atoms with Crippen LogP contribution in [0, 0.1) is 0 Å². The number of amides is 1. The molecule has 1 aromatic carbocycles. The van der Waals surface area contributed by atoms with E-state index in [1.54, 1.807) is 11.0 Å². The minimum Gasteiger partial charge on any atom is -0.507 e. The van der Waals surface area contributed by atoms with Crippen LogP contribution in [-0.2, 0) is 11.3 Å². The van der Waals surface area contributed by atoms with E-state index in [2.05, 4.69) is 20.8 Å². The standard InChI is InChI=1S/C16H23BrN2O3/c1-16(2,3)22-15(21)19-8-6-18(7-9-19)11-12-4-5-14(20)13(17)10-12/h4-5,10,20H,6-9,11H2,1-3H3. The Balaban J connectivity index is 1.84. The molecule has 0 aliphatic carbocycles. The number of phenols is 1. The van der Waals surface area contributed by atoms with Crippen LogP contribution in [0.25, 0.3) is 0 Å². The van der Waals surface area contributed by atoms with Gasteiger partial charge in [-0.3, -0.25) is 4.90 Å². The van der Waals surface area contributed by atoms with Crippen molar-refractivity contribution in [2.24, 2.45) is 0 Å². The first-order valence-electron chi connectivity index (χ1n) is 7.42. The fourth-order valence-electron chi connectivity index (χ4n) is 2.32. The van der Waals surface area contributed by atoms with Crippen molar-refractivity contribution in [1.82, 2.24) is 9.80 Å². The summed E-state index contributed by atoms with van der Waals surface area (Å²) in [7, 11) is 0. The van der Waals surface area contributed by atoms with Gasteiger partial charge in [0.1, 0.15) is 11.4 Å². The normalized spacial score (nSPS) is 16.6. The number of halogens is 1. The van der Waals surface area contributed by atoms with Gasteiger partial charge in [0, 0.05) is 32.7 Å². The Morgan fingerprint density at radius 2 is 1.91 bits per heavy atom. The third-order valence-corrected chi connectivity index (χ3v) is 4.08. The maximum atomic E-state index is 12.0. The van der Waals surface area contributed by atoms with Gasteiger partial charge in [-0.15, -0.1) is 0 Å². The number of hydrogen-bond donors (Lipinski definition) is 1. The minimum atomic E-state index is -0.452. The van der Waals surface area contributed by atoms with Crippen molar-refractivity contribution in [2.45, 2.75) is 32.9 Å². The number of rotatable bonds is 2. The van der Waals surface area contributed by atoms with Crippen LogP contribution in [0.2, 0.25) is 0 Å². The van der Waals surface area contributed by atoms with Crippen molar-refractivity contribution in [3.05, 3.63) is 28.2 Å². The zero-order chi connectivity index (χ0) is 16.3. The van der Waals surface area contributed by atoms with Crippen LogP contribution in [0.3, 0.4) is 0 Å². The van der Waals surface area contributed by atoms with E-state index in [1.165, 1.54) is 0 Å². The lowest BCUT2D eigenvalue weighted by Gasteiger charge is -2.35. The molecule has 0 aromatic heterocycles. The average Bonchev–Trinajstić information content (AvgIpc) is 2.42. The molecule has 1 N–H and O–H groups in total. The van der Waals surface area contributed by atoms with Gasteiger partial charge in [-0.05, 0) is 54.4 Å². The zero-order valence-electron chi connectivity index (χ0n) is 13.3. The first kappa shape index (κ1) is 17.1. The number of hydrogen-bond acceptors (Lipinski definition) is 4. The minimum absolute atomic E-state index is 0.237. The van der Waals surface area contributed by atoms with Crippen LogP contribution < -0.4 is 0 Å². The predicted octanol–water partition coefficient (Wildman–Crippen LogP) is 3.21. The van der Waals surface area contributed by atoms with Gasteiger partial charge in [0.25, 0.3) is 0 Å². The third kappa shape index (κ3) is 4.88. The summed E-state index contributed by atoms with van der Waals surface area (Å²) < 4.78 is 6.10. The van der Waals surface area contributed by atoms with E-state index in [4.69, 9.17) is 4.74 Å². The van der Waals surface area contributed by atoms with Crippen LogP contribution in [0.4, 0.5) is 4.79 Å². The van der Waals surface area contributed by atoms with E-state index in [9.17, 15) is 9.90 Å². The lowest BCUT2D eigenvalue weighted by atomic mass is 10.2. The first-order valence-corrected chi connectivity index (χ1v) is 8.21. The number of carbonyl (C=O) groups excluding carboxylic acids is 1. The van der Waals surface area contributed by atoms with E-state index in [0.717, 1.165) is 25.2 Å². The van der Waals surface area contributed by atoms with Gasteiger partial charge >= 0.3 is 6.09 Å². The van der Waals surface area contributed by atoms with Gasteiger partial charge in [0.05, 0.1) is 4.47 Å². The van der Waals surface area contributed by atoms with Crippen LogP contribution in [0.15, 0.2) is 22.7 Å². The highest BCUT2D eigenvalue weighted by atomic mass is 79.9. The smallest absolute Gasteiger partial charge is 0.410 e. The Kier molecular flexibility index (Phi) is 5.34. The largest absolute Gasteiger partial charge is 0.507 e. The van der Waals surface area contributed by atoms with Crippen molar-refractivity contribution >= 4 is 22.0 Å². The SMILES string of the molecule is CC(C)(C)OC(=O)N1CCN(Cc2ccc(O)c(Br)c2)CC1. The monoisotopic (exact) mass is 370 g/mol. The topological polar surface area (TPSA) is 53.0 Å². The maximum absolute atomic E-state index is 12.0. The van der Waals surface area contributed by atoms with Gasteiger partial charge in [-0.2, -0.15) is 0 Å². The Bertz CT molecular complexity index is 535. The molecule has 0 spiro atoms. The molecule has 0 atom stereocenters. The van der Waals surface area contributed by atoms with E-state index in [1.807, 2.05) is 32.9 Å². The summed E-state index contributed by atoms with van der Waals surface area (Å²) in [6.07, 6.45) is -0.237. The molecule has 1 heterocycles. The highest BCUT2D eigenvalue weighted by molar-refractivity contribution is 9.10. The summed E-state index contributed by atoms with van der Waals surface area (Å²) in [5, 5.41) is 9.52. The molecular weight excluding hydrogens is 348 g/mol. The number of aromatic hydroxyl groups is 1. The number of nitrogens with zero attached hydrogens (tertiary/aromatic N) is 2. The van der Waals surface area contributed by atoms with Crippen LogP contribution in [0.5, 0.6) is 5.75 Å². The Morgan fingerprint density at radius 3 is 2.45 bits per heavy atom. The van der Waals surface area contributed by atoms with E-state index >= 15 is 0 Å². The zero-order valence-corrected chi connectivity index (χ0v) is 14.9. The lowest BCUT2D eigenvalue weighted by molar-refractivity contribution is 0.0139. The predicted molar refractivity (Wildman–Crippen MR) is 88.9 cm³/mol. The molecule has 0 saturated carbocycles. The summed E-state index contributed by atoms with van der Waals surface area (Å²) in [5.74, 6) is 0.249. The van der Waals surface area contributed by atoms with Gasteiger partial charge in [-0.1, -0.05) is 6.07 Å². The molecule has 1 saturated heterocycles. The summed E-state index contributed by atoms with van der Waals surface area (Å²) in [4.78, 5) is 16.1. The second kappa shape index (κ2) is 6.87. The molecule has 2 rings (SSSR count). The van der Waals surface area contributed by atoms with Crippen molar-refractivity contribution in [3.63, 3.8) is 0 Å². The second-order valence-corrected chi connectivity index (χ2v) is 7.38. The van der Waals surface area contributed by atoms with Crippen molar-refractivity contribution < 1.29 is 14.6 Å². The van der Waals surface area contributed by atoms with E-state index in [-0.39, 0.29) is 11.8 Å². The molecule has 1 aromatic rings. The molecule has 0 bridgehead atoms. The highest BCUT2D eigenvalue weighted by Gasteiger charge is 2.25. The van der Waals surface area contributed by atoms with Crippen molar-refractivity contribution in [1.29, 1.82) is 0 Å². The number of phenolic OH excluding ortho intramolecular Hbond substituents is 1. The Labute approximate surface area is 140 Å². The maximum Gasteiger partial charge on any atom is 0.410 e.